The van der Waals surface area contributed by atoms with Crippen LogP contribution in [-0.2, 0) is 4.74 Å². The molecule has 4 heteroatoms. The average Bonchev–Trinajstić information content (AvgIpc) is 2.75. The largest absolute Gasteiger partial charge is 0.390 e. The normalized spacial score (nSPS) is 26.1. The molecule has 20 heavy (non-hydrogen) atoms. The van der Waals surface area contributed by atoms with Crippen LogP contribution in [0.2, 0.25) is 0 Å². The molecule has 2 fully saturated rings. The second-order valence-corrected chi connectivity index (χ2v) is 6.52. The number of rotatable bonds is 6. The molecular weight excluding hydrogens is 252 g/mol. The summed E-state index contributed by atoms with van der Waals surface area (Å²) < 4.78 is 5.33. The van der Waals surface area contributed by atoms with Crippen molar-refractivity contribution in [3.8, 4) is 0 Å². The molecule has 2 N–H and O–H groups in total. The fourth-order valence-electron chi connectivity index (χ4n) is 3.45. The zero-order valence-electron chi connectivity index (χ0n) is 13.0. The van der Waals surface area contributed by atoms with E-state index in [1.165, 1.54) is 38.5 Å². The van der Waals surface area contributed by atoms with Crippen LogP contribution >= 0.6 is 0 Å². The molecule has 0 spiro atoms. The van der Waals surface area contributed by atoms with Gasteiger partial charge in [0.1, 0.15) is 0 Å². The Labute approximate surface area is 123 Å². The third-order valence-corrected chi connectivity index (χ3v) is 4.86. The van der Waals surface area contributed by atoms with Gasteiger partial charge in [-0.25, -0.2) is 0 Å². The van der Waals surface area contributed by atoms with Crippen LogP contribution in [-0.4, -0.2) is 61.5 Å². The molecule has 0 aromatic rings. The molecular formula is C16H32N2O2. The Morgan fingerprint density at radius 1 is 1.15 bits per heavy atom. The van der Waals surface area contributed by atoms with Gasteiger partial charge in [0.2, 0.25) is 0 Å². The Balaban J connectivity index is 1.62. The summed E-state index contributed by atoms with van der Waals surface area (Å²) in [7, 11) is 0. The Morgan fingerprint density at radius 2 is 1.80 bits per heavy atom. The molecule has 1 unspecified atom stereocenters. The second-order valence-electron chi connectivity index (χ2n) is 6.52. The first kappa shape index (κ1) is 16.2. The predicted octanol–water partition coefficient (Wildman–Crippen LogP) is 1.63. The Morgan fingerprint density at radius 3 is 2.45 bits per heavy atom. The molecule has 118 valence electrons. The van der Waals surface area contributed by atoms with Crippen molar-refractivity contribution < 1.29 is 9.84 Å². The van der Waals surface area contributed by atoms with Gasteiger partial charge in [-0.15, -0.1) is 0 Å². The third kappa shape index (κ3) is 5.68. The van der Waals surface area contributed by atoms with Gasteiger partial charge in [0.25, 0.3) is 0 Å². The molecule has 0 radical (unpaired) electrons. The molecule has 4 nitrogen and oxygen atoms in total. The zero-order chi connectivity index (χ0) is 14.2. The van der Waals surface area contributed by atoms with Crippen LogP contribution in [0.5, 0.6) is 0 Å². The van der Waals surface area contributed by atoms with E-state index in [1.807, 2.05) is 0 Å². The molecule has 1 saturated carbocycles. The number of hydrogen-bond donors (Lipinski definition) is 2. The molecule has 1 aliphatic carbocycles. The van der Waals surface area contributed by atoms with Crippen LogP contribution < -0.4 is 5.32 Å². The molecule has 2 aliphatic rings. The van der Waals surface area contributed by atoms with E-state index < -0.39 is 0 Å². The maximum absolute atomic E-state index is 10.2. The number of aliphatic hydroxyl groups is 1. The summed E-state index contributed by atoms with van der Waals surface area (Å²) in [5, 5.41) is 13.7. The van der Waals surface area contributed by atoms with Crippen LogP contribution in [0.15, 0.2) is 0 Å². The third-order valence-electron chi connectivity index (χ3n) is 4.86. The zero-order valence-corrected chi connectivity index (χ0v) is 13.0. The molecule has 0 aromatic heterocycles. The number of nitrogens with zero attached hydrogens (tertiary/aromatic N) is 1. The lowest BCUT2D eigenvalue weighted by Gasteiger charge is -2.30. The minimum atomic E-state index is -0.263. The SMILES string of the molecule is C[C@H](NCC(O)CN1CCOCC1)C1CCCCCC1. The lowest BCUT2D eigenvalue weighted by molar-refractivity contribution is 0.0142. The van der Waals surface area contributed by atoms with Crippen LogP contribution in [0.4, 0.5) is 0 Å². The minimum Gasteiger partial charge on any atom is -0.390 e. The summed E-state index contributed by atoms with van der Waals surface area (Å²) in [6.07, 6.45) is 8.02. The van der Waals surface area contributed by atoms with Gasteiger partial charge in [0.15, 0.2) is 0 Å². The Kier molecular flexibility index (Phi) is 7.28. The van der Waals surface area contributed by atoms with Crippen molar-refractivity contribution in [2.75, 3.05) is 39.4 Å². The summed E-state index contributed by atoms with van der Waals surface area (Å²) in [6, 6.07) is 0.535. The highest BCUT2D eigenvalue weighted by molar-refractivity contribution is 4.77. The maximum atomic E-state index is 10.2. The number of nitrogens with one attached hydrogen (secondary N) is 1. The van der Waals surface area contributed by atoms with Crippen LogP contribution in [0.1, 0.15) is 45.4 Å². The van der Waals surface area contributed by atoms with E-state index in [2.05, 4.69) is 17.1 Å². The van der Waals surface area contributed by atoms with Crippen molar-refractivity contribution >= 4 is 0 Å². The topological polar surface area (TPSA) is 44.7 Å². The molecule has 0 aromatic carbocycles. The highest BCUT2D eigenvalue weighted by Crippen LogP contribution is 2.25. The second kappa shape index (κ2) is 8.98. The number of morpholine rings is 1. The van der Waals surface area contributed by atoms with E-state index in [4.69, 9.17) is 4.74 Å². The number of ether oxygens (including phenoxy) is 1. The fraction of sp³-hybridized carbons (Fsp3) is 1.00. The first-order valence-corrected chi connectivity index (χ1v) is 8.47. The van der Waals surface area contributed by atoms with E-state index in [-0.39, 0.29) is 6.10 Å². The van der Waals surface area contributed by atoms with Crippen molar-refractivity contribution in [1.29, 1.82) is 0 Å². The fourth-order valence-corrected chi connectivity index (χ4v) is 3.45. The van der Waals surface area contributed by atoms with Gasteiger partial charge in [-0.3, -0.25) is 4.90 Å². The average molecular weight is 284 g/mol. The van der Waals surface area contributed by atoms with Gasteiger partial charge in [-0.1, -0.05) is 25.7 Å². The van der Waals surface area contributed by atoms with E-state index in [1.54, 1.807) is 0 Å². The quantitative estimate of drug-likeness (QED) is 0.728. The van der Waals surface area contributed by atoms with Gasteiger partial charge in [0, 0.05) is 32.2 Å². The van der Waals surface area contributed by atoms with Gasteiger partial charge in [-0.2, -0.15) is 0 Å². The molecule has 2 atom stereocenters. The van der Waals surface area contributed by atoms with Gasteiger partial charge in [0.05, 0.1) is 19.3 Å². The maximum Gasteiger partial charge on any atom is 0.0791 e. The molecule has 0 bridgehead atoms. The standard InChI is InChI=1S/C16H32N2O2/c1-14(15-6-4-2-3-5-7-15)17-12-16(19)13-18-8-10-20-11-9-18/h14-17,19H,2-13H2,1H3/t14-,16?/m0/s1. The molecule has 1 saturated heterocycles. The van der Waals surface area contributed by atoms with Crippen LogP contribution in [0.25, 0.3) is 0 Å². The van der Waals surface area contributed by atoms with E-state index in [9.17, 15) is 5.11 Å². The summed E-state index contributed by atoms with van der Waals surface area (Å²) >= 11 is 0. The highest BCUT2D eigenvalue weighted by atomic mass is 16.5. The Bertz CT molecular complexity index is 249. The van der Waals surface area contributed by atoms with Crippen molar-refractivity contribution in [3.63, 3.8) is 0 Å². The number of hydrogen-bond acceptors (Lipinski definition) is 4. The van der Waals surface area contributed by atoms with E-state index in [0.717, 1.165) is 45.3 Å². The monoisotopic (exact) mass is 284 g/mol. The van der Waals surface area contributed by atoms with E-state index in [0.29, 0.717) is 6.04 Å². The van der Waals surface area contributed by atoms with Crippen LogP contribution in [0.3, 0.4) is 0 Å². The first-order valence-electron chi connectivity index (χ1n) is 8.47. The smallest absolute Gasteiger partial charge is 0.0791 e. The minimum absolute atomic E-state index is 0.263. The summed E-state index contributed by atoms with van der Waals surface area (Å²) in [5.41, 5.74) is 0. The lowest BCUT2D eigenvalue weighted by Crippen LogP contribution is -2.46. The predicted molar refractivity (Wildman–Crippen MR) is 81.9 cm³/mol. The number of aliphatic hydroxyl groups excluding tert-OH is 1. The Hall–Kier alpha value is -0.160. The summed E-state index contributed by atoms with van der Waals surface area (Å²) in [6.45, 7) is 7.29. The lowest BCUT2D eigenvalue weighted by atomic mass is 9.93. The van der Waals surface area contributed by atoms with Crippen molar-refractivity contribution in [1.82, 2.24) is 10.2 Å². The first-order chi connectivity index (χ1) is 9.75. The number of β-amino-alcohol motifs (C(OH)–C–C–N with tert-alkyl or cyclic N) is 1. The van der Waals surface area contributed by atoms with Gasteiger partial charge < -0.3 is 15.2 Å². The van der Waals surface area contributed by atoms with Crippen molar-refractivity contribution in [2.24, 2.45) is 5.92 Å². The van der Waals surface area contributed by atoms with Crippen molar-refractivity contribution in [2.45, 2.75) is 57.6 Å². The molecule has 0 amide bonds. The van der Waals surface area contributed by atoms with Crippen LogP contribution in [0, 0.1) is 5.92 Å². The summed E-state index contributed by atoms with van der Waals surface area (Å²) in [4.78, 5) is 2.30. The van der Waals surface area contributed by atoms with Crippen molar-refractivity contribution in [3.05, 3.63) is 0 Å². The molecule has 2 rings (SSSR count). The van der Waals surface area contributed by atoms with E-state index >= 15 is 0 Å². The molecule has 1 aliphatic heterocycles. The van der Waals surface area contributed by atoms with Gasteiger partial charge in [-0.05, 0) is 25.7 Å². The van der Waals surface area contributed by atoms with Gasteiger partial charge >= 0.3 is 0 Å². The molecule has 1 heterocycles. The highest BCUT2D eigenvalue weighted by Gasteiger charge is 2.20. The summed E-state index contributed by atoms with van der Waals surface area (Å²) in [5.74, 6) is 0.799.